The first-order valence-electron chi connectivity index (χ1n) is 5.65. The maximum atomic E-state index is 11.7. The standard InChI is InChI=1S/C11H16ClNO3S2/c1-3-4-8(2)11(14)13-7-9-5-6-10(17-9)18(12,15)16/h5-6,8H,3-4,7H2,1-2H3,(H,13,14). The van der Waals surface area contributed by atoms with Gasteiger partial charge in [-0.2, -0.15) is 0 Å². The molecule has 7 heteroatoms. The van der Waals surface area contributed by atoms with E-state index in [1.54, 1.807) is 6.07 Å². The molecule has 102 valence electrons. The Hall–Kier alpha value is -0.590. The third-order valence-electron chi connectivity index (χ3n) is 2.48. The minimum atomic E-state index is -3.67. The molecule has 1 N–H and O–H groups in total. The van der Waals surface area contributed by atoms with E-state index >= 15 is 0 Å². The summed E-state index contributed by atoms with van der Waals surface area (Å²) in [6.07, 6.45) is 1.81. The maximum Gasteiger partial charge on any atom is 0.270 e. The number of halogens is 1. The van der Waals surface area contributed by atoms with E-state index in [9.17, 15) is 13.2 Å². The van der Waals surface area contributed by atoms with Crippen molar-refractivity contribution in [2.75, 3.05) is 0 Å². The highest BCUT2D eigenvalue weighted by Crippen LogP contribution is 2.24. The number of carbonyl (C=O) groups excluding carboxylic acids is 1. The van der Waals surface area contributed by atoms with Gasteiger partial charge in [0, 0.05) is 21.5 Å². The average molecular weight is 310 g/mol. The first-order chi connectivity index (χ1) is 8.34. The van der Waals surface area contributed by atoms with Gasteiger partial charge in [0.05, 0.1) is 6.54 Å². The quantitative estimate of drug-likeness (QED) is 0.822. The van der Waals surface area contributed by atoms with E-state index in [0.29, 0.717) is 6.54 Å². The Bertz CT molecular complexity index is 510. The van der Waals surface area contributed by atoms with Gasteiger partial charge in [0.2, 0.25) is 5.91 Å². The average Bonchev–Trinajstić information content (AvgIpc) is 2.74. The molecule has 1 amide bonds. The van der Waals surface area contributed by atoms with Gasteiger partial charge in [-0.25, -0.2) is 8.42 Å². The Labute approximate surface area is 116 Å². The molecule has 0 aromatic carbocycles. The summed E-state index contributed by atoms with van der Waals surface area (Å²) in [4.78, 5) is 12.4. The Morgan fingerprint density at radius 1 is 1.50 bits per heavy atom. The third-order valence-corrected chi connectivity index (χ3v) is 5.66. The van der Waals surface area contributed by atoms with Gasteiger partial charge in [0.15, 0.2) is 0 Å². The van der Waals surface area contributed by atoms with Crippen molar-refractivity contribution in [3.05, 3.63) is 17.0 Å². The van der Waals surface area contributed by atoms with Crippen LogP contribution in [0.2, 0.25) is 0 Å². The number of rotatable bonds is 6. The first kappa shape index (κ1) is 15.5. The summed E-state index contributed by atoms with van der Waals surface area (Å²) in [5.74, 6) is -0.0354. The molecule has 4 nitrogen and oxygen atoms in total. The van der Waals surface area contributed by atoms with Gasteiger partial charge >= 0.3 is 0 Å². The van der Waals surface area contributed by atoms with Gasteiger partial charge in [0.1, 0.15) is 4.21 Å². The zero-order valence-electron chi connectivity index (χ0n) is 10.3. The highest BCUT2D eigenvalue weighted by molar-refractivity contribution is 8.15. The molecule has 1 rings (SSSR count). The second-order valence-corrected chi connectivity index (χ2v) is 8.03. The largest absolute Gasteiger partial charge is 0.351 e. The summed E-state index contributed by atoms with van der Waals surface area (Å²) in [7, 11) is 1.55. The number of amides is 1. The SMILES string of the molecule is CCCC(C)C(=O)NCc1ccc(S(=O)(=O)Cl)s1. The van der Waals surface area contributed by atoms with E-state index in [0.717, 1.165) is 29.1 Å². The minimum Gasteiger partial charge on any atom is -0.351 e. The van der Waals surface area contributed by atoms with Crippen molar-refractivity contribution in [3.8, 4) is 0 Å². The molecule has 0 aliphatic rings. The zero-order valence-corrected chi connectivity index (χ0v) is 12.7. The van der Waals surface area contributed by atoms with E-state index in [-0.39, 0.29) is 16.0 Å². The summed E-state index contributed by atoms with van der Waals surface area (Å²) in [6.45, 7) is 4.24. The smallest absolute Gasteiger partial charge is 0.270 e. The fourth-order valence-electron chi connectivity index (χ4n) is 1.50. The number of hydrogen-bond acceptors (Lipinski definition) is 4. The van der Waals surface area contributed by atoms with E-state index in [2.05, 4.69) is 5.32 Å². The van der Waals surface area contributed by atoms with E-state index in [1.807, 2.05) is 13.8 Å². The van der Waals surface area contributed by atoms with E-state index in [4.69, 9.17) is 10.7 Å². The summed E-state index contributed by atoms with van der Waals surface area (Å²) in [5, 5.41) is 2.78. The molecule has 0 aliphatic carbocycles. The van der Waals surface area contributed by atoms with Crippen LogP contribution in [-0.4, -0.2) is 14.3 Å². The molecule has 0 aliphatic heterocycles. The topological polar surface area (TPSA) is 63.2 Å². The van der Waals surface area contributed by atoms with Crippen LogP contribution in [-0.2, 0) is 20.4 Å². The number of hydrogen-bond donors (Lipinski definition) is 1. The monoisotopic (exact) mass is 309 g/mol. The Morgan fingerprint density at radius 3 is 2.67 bits per heavy atom. The third kappa shape index (κ3) is 4.59. The first-order valence-corrected chi connectivity index (χ1v) is 8.78. The van der Waals surface area contributed by atoms with Crippen LogP contribution in [0.15, 0.2) is 16.3 Å². The second kappa shape index (κ2) is 6.54. The van der Waals surface area contributed by atoms with Gasteiger partial charge in [-0.05, 0) is 18.6 Å². The predicted molar refractivity (Wildman–Crippen MR) is 73.3 cm³/mol. The summed E-state index contributed by atoms with van der Waals surface area (Å²) in [6, 6.07) is 3.11. The van der Waals surface area contributed by atoms with E-state index < -0.39 is 9.05 Å². The Kier molecular flexibility index (Phi) is 5.62. The molecule has 0 saturated heterocycles. The summed E-state index contributed by atoms with van der Waals surface area (Å²) in [5.41, 5.74) is 0. The van der Waals surface area contributed by atoms with Gasteiger partial charge < -0.3 is 5.32 Å². The lowest BCUT2D eigenvalue weighted by atomic mass is 10.1. The van der Waals surface area contributed by atoms with Gasteiger partial charge in [0.25, 0.3) is 9.05 Å². The fraction of sp³-hybridized carbons (Fsp3) is 0.545. The summed E-state index contributed by atoms with van der Waals surface area (Å²) < 4.78 is 22.2. The lowest BCUT2D eigenvalue weighted by Crippen LogP contribution is -2.28. The molecule has 0 saturated carbocycles. The van der Waals surface area contributed by atoms with E-state index in [1.165, 1.54) is 6.07 Å². The molecular weight excluding hydrogens is 294 g/mol. The fourth-order valence-corrected chi connectivity index (χ4v) is 3.56. The van der Waals surface area contributed by atoms with Crippen LogP contribution in [0.25, 0.3) is 0 Å². The van der Waals surface area contributed by atoms with Crippen LogP contribution in [0.1, 0.15) is 31.6 Å². The maximum absolute atomic E-state index is 11.7. The molecule has 18 heavy (non-hydrogen) atoms. The van der Waals surface area contributed by atoms with Crippen molar-refractivity contribution in [1.29, 1.82) is 0 Å². The summed E-state index contributed by atoms with van der Waals surface area (Å²) >= 11 is 1.07. The van der Waals surface area contributed by atoms with Gasteiger partial charge in [-0.1, -0.05) is 20.3 Å². The van der Waals surface area contributed by atoms with Crippen LogP contribution < -0.4 is 5.32 Å². The molecule has 0 bridgehead atoms. The molecule has 1 heterocycles. The molecule has 1 aromatic heterocycles. The molecule has 1 atom stereocenters. The van der Waals surface area contributed by atoms with Crippen molar-refractivity contribution >= 4 is 37.0 Å². The molecule has 0 fully saturated rings. The van der Waals surface area contributed by atoms with Gasteiger partial charge in [-0.15, -0.1) is 11.3 Å². The van der Waals surface area contributed by atoms with Gasteiger partial charge in [-0.3, -0.25) is 4.79 Å². The number of carbonyl (C=O) groups is 1. The lowest BCUT2D eigenvalue weighted by Gasteiger charge is -2.09. The van der Waals surface area contributed by atoms with Crippen LogP contribution in [0.5, 0.6) is 0 Å². The van der Waals surface area contributed by atoms with Crippen molar-refractivity contribution in [2.45, 2.75) is 37.4 Å². The van der Waals surface area contributed by atoms with Crippen molar-refractivity contribution in [1.82, 2.24) is 5.32 Å². The van der Waals surface area contributed by atoms with Crippen molar-refractivity contribution in [2.24, 2.45) is 5.92 Å². The van der Waals surface area contributed by atoms with Crippen molar-refractivity contribution in [3.63, 3.8) is 0 Å². The van der Waals surface area contributed by atoms with Crippen LogP contribution in [0.3, 0.4) is 0 Å². The number of thiophene rings is 1. The number of nitrogens with one attached hydrogen (secondary N) is 1. The lowest BCUT2D eigenvalue weighted by molar-refractivity contribution is -0.124. The predicted octanol–water partition coefficient (Wildman–Crippen LogP) is 2.73. The zero-order chi connectivity index (χ0) is 13.8. The normalized spacial score (nSPS) is 13.3. The van der Waals surface area contributed by atoms with Crippen LogP contribution in [0.4, 0.5) is 0 Å². The van der Waals surface area contributed by atoms with Crippen LogP contribution >= 0.6 is 22.0 Å². The molecule has 0 spiro atoms. The highest BCUT2D eigenvalue weighted by atomic mass is 35.7. The second-order valence-electron chi connectivity index (χ2n) is 4.07. The Morgan fingerprint density at radius 2 is 2.17 bits per heavy atom. The van der Waals surface area contributed by atoms with Crippen LogP contribution in [0, 0.1) is 5.92 Å². The van der Waals surface area contributed by atoms with Crippen molar-refractivity contribution < 1.29 is 13.2 Å². The Balaban J connectivity index is 2.54. The molecule has 0 radical (unpaired) electrons. The molecule has 1 aromatic rings. The highest BCUT2D eigenvalue weighted by Gasteiger charge is 2.15. The molecule has 1 unspecified atom stereocenters. The minimum absolute atomic E-state index is 0.0134. The molecular formula is C11H16ClNO3S2.